The minimum absolute atomic E-state index is 0.190. The number of ether oxygens (including phenoxy) is 3. The number of nitrogens with zero attached hydrogens (tertiary/aromatic N) is 2. The van der Waals surface area contributed by atoms with E-state index < -0.39 is 0 Å². The highest BCUT2D eigenvalue weighted by atomic mass is 16.7. The molecule has 6 heteroatoms. The van der Waals surface area contributed by atoms with Crippen molar-refractivity contribution in [2.45, 2.75) is 25.5 Å². The number of rotatable bonds is 9. The fourth-order valence-corrected chi connectivity index (χ4v) is 3.84. The lowest BCUT2D eigenvalue weighted by atomic mass is 9.86. The Balaban J connectivity index is 1.76. The van der Waals surface area contributed by atoms with Crippen LogP contribution in [0.4, 0.5) is 0 Å². The number of hydrogen-bond donors (Lipinski definition) is 1. The van der Waals surface area contributed by atoms with Crippen LogP contribution >= 0.6 is 0 Å². The molecule has 0 amide bonds. The van der Waals surface area contributed by atoms with Crippen molar-refractivity contribution in [3.05, 3.63) is 59.3 Å². The molecule has 2 atom stereocenters. The van der Waals surface area contributed by atoms with E-state index in [-0.39, 0.29) is 25.2 Å². The minimum atomic E-state index is 0.190. The average Bonchev–Trinajstić information content (AvgIpc) is 2.74. The summed E-state index contributed by atoms with van der Waals surface area (Å²) >= 11 is 0. The van der Waals surface area contributed by atoms with Crippen LogP contribution < -0.4 is 4.74 Å². The first-order valence-electron chi connectivity index (χ1n) is 9.70. The molecule has 0 bridgehead atoms. The summed E-state index contributed by atoms with van der Waals surface area (Å²) in [6.07, 6.45) is 0.917. The third-order valence-corrected chi connectivity index (χ3v) is 5.10. The number of methoxy groups -OCH3 is 2. The van der Waals surface area contributed by atoms with Gasteiger partial charge in [0.25, 0.3) is 0 Å². The fourth-order valence-electron chi connectivity index (χ4n) is 3.84. The Kier molecular flexibility index (Phi) is 7.80. The number of benzene rings is 1. The van der Waals surface area contributed by atoms with Crippen LogP contribution in [-0.4, -0.2) is 55.7 Å². The molecule has 0 unspecified atom stereocenters. The Hall–Kier alpha value is -1.99. The molecule has 152 valence electrons. The van der Waals surface area contributed by atoms with Gasteiger partial charge in [-0.25, -0.2) is 4.98 Å². The molecule has 0 spiro atoms. The number of aromatic nitrogens is 1. The maximum Gasteiger partial charge on any atom is 0.213 e. The summed E-state index contributed by atoms with van der Waals surface area (Å²) in [5.41, 5.74) is 3.29. The molecule has 0 aliphatic carbocycles. The predicted molar refractivity (Wildman–Crippen MR) is 107 cm³/mol. The van der Waals surface area contributed by atoms with E-state index in [2.05, 4.69) is 35.2 Å². The van der Waals surface area contributed by atoms with Gasteiger partial charge in [-0.15, -0.1) is 0 Å². The minimum Gasteiger partial charge on any atom is -0.481 e. The van der Waals surface area contributed by atoms with Gasteiger partial charge in [0.15, 0.2) is 0 Å². The summed E-state index contributed by atoms with van der Waals surface area (Å²) in [5, 5.41) is 9.83. The zero-order valence-corrected chi connectivity index (χ0v) is 16.7. The first-order valence-corrected chi connectivity index (χ1v) is 9.70. The lowest BCUT2D eigenvalue weighted by Gasteiger charge is -2.37. The molecule has 6 nitrogen and oxygen atoms in total. The Morgan fingerprint density at radius 2 is 1.93 bits per heavy atom. The average molecular weight is 386 g/mol. The Bertz CT molecular complexity index is 726. The van der Waals surface area contributed by atoms with Gasteiger partial charge >= 0.3 is 0 Å². The summed E-state index contributed by atoms with van der Waals surface area (Å²) in [7, 11) is 3.24. The molecule has 1 N–H and O–H groups in total. The number of likely N-dealkylation sites (tertiary alicyclic amines) is 1. The quantitative estimate of drug-likeness (QED) is 0.528. The molecule has 1 fully saturated rings. The first kappa shape index (κ1) is 20.7. The lowest BCUT2D eigenvalue weighted by Crippen LogP contribution is -2.40. The number of pyridine rings is 1. The van der Waals surface area contributed by atoms with Crippen molar-refractivity contribution in [1.29, 1.82) is 0 Å². The van der Waals surface area contributed by atoms with Crippen molar-refractivity contribution in [3.8, 4) is 5.88 Å². The van der Waals surface area contributed by atoms with E-state index in [9.17, 15) is 5.11 Å². The first-order chi connectivity index (χ1) is 13.7. The van der Waals surface area contributed by atoms with Crippen LogP contribution in [0.15, 0.2) is 42.5 Å². The summed E-state index contributed by atoms with van der Waals surface area (Å²) < 4.78 is 15.9. The van der Waals surface area contributed by atoms with E-state index in [0.717, 1.165) is 37.3 Å². The van der Waals surface area contributed by atoms with Crippen LogP contribution in [0.25, 0.3) is 0 Å². The molecule has 1 aliphatic rings. The van der Waals surface area contributed by atoms with E-state index >= 15 is 0 Å². The Labute approximate surface area is 167 Å². The Morgan fingerprint density at radius 3 is 2.64 bits per heavy atom. The molecule has 2 aromatic rings. The van der Waals surface area contributed by atoms with Crippen molar-refractivity contribution in [2.24, 2.45) is 5.92 Å². The van der Waals surface area contributed by atoms with Crippen LogP contribution in [-0.2, 0) is 22.6 Å². The van der Waals surface area contributed by atoms with Gasteiger partial charge in [0.2, 0.25) is 5.88 Å². The van der Waals surface area contributed by atoms with Crippen LogP contribution in [0.2, 0.25) is 0 Å². The van der Waals surface area contributed by atoms with E-state index in [1.54, 1.807) is 14.2 Å². The van der Waals surface area contributed by atoms with Gasteiger partial charge in [-0.1, -0.05) is 30.3 Å². The molecular formula is C22H30N2O4. The van der Waals surface area contributed by atoms with E-state index in [0.29, 0.717) is 12.5 Å². The highest BCUT2D eigenvalue weighted by molar-refractivity contribution is 5.27. The van der Waals surface area contributed by atoms with Crippen LogP contribution in [0.3, 0.4) is 0 Å². The van der Waals surface area contributed by atoms with Crippen molar-refractivity contribution in [2.75, 3.05) is 40.7 Å². The molecule has 1 saturated heterocycles. The van der Waals surface area contributed by atoms with Crippen LogP contribution in [0.1, 0.15) is 29.2 Å². The molecule has 3 rings (SSSR count). The Morgan fingerprint density at radius 1 is 1.11 bits per heavy atom. The van der Waals surface area contributed by atoms with Gasteiger partial charge < -0.3 is 19.3 Å². The van der Waals surface area contributed by atoms with Crippen molar-refractivity contribution in [3.63, 3.8) is 0 Å². The van der Waals surface area contributed by atoms with Gasteiger partial charge in [0.1, 0.15) is 6.79 Å². The second-order valence-electron chi connectivity index (χ2n) is 7.36. The highest BCUT2D eigenvalue weighted by Crippen LogP contribution is 2.31. The third kappa shape index (κ3) is 5.75. The molecule has 28 heavy (non-hydrogen) atoms. The predicted octanol–water partition coefficient (Wildman–Crippen LogP) is 2.81. The molecule has 0 radical (unpaired) electrons. The molecule has 1 aliphatic heterocycles. The summed E-state index contributed by atoms with van der Waals surface area (Å²) in [6.45, 7) is 3.57. The van der Waals surface area contributed by atoms with Crippen molar-refractivity contribution in [1.82, 2.24) is 9.88 Å². The van der Waals surface area contributed by atoms with E-state index in [1.807, 2.05) is 12.1 Å². The summed E-state index contributed by atoms with van der Waals surface area (Å²) in [6, 6.07) is 14.4. The van der Waals surface area contributed by atoms with Crippen LogP contribution in [0, 0.1) is 5.92 Å². The second kappa shape index (κ2) is 10.5. The highest BCUT2D eigenvalue weighted by Gasteiger charge is 2.29. The zero-order chi connectivity index (χ0) is 19.8. The van der Waals surface area contributed by atoms with Gasteiger partial charge in [-0.3, -0.25) is 4.90 Å². The molecule has 0 saturated carbocycles. The standard InChI is InChI=1S/C22H30N2O4/c1-26-16-28-15-18-9-21(23-22(10-18)27-2)20-8-19(14-25)12-24(13-20)11-17-6-4-3-5-7-17/h3-7,9-10,19-20,25H,8,11-16H2,1-2H3/t19-,20+/m1/s1. The van der Waals surface area contributed by atoms with Crippen LogP contribution in [0.5, 0.6) is 5.88 Å². The second-order valence-corrected chi connectivity index (χ2v) is 7.36. The number of aliphatic hydroxyl groups excluding tert-OH is 1. The molecule has 2 heterocycles. The van der Waals surface area contributed by atoms with Gasteiger partial charge in [0.05, 0.1) is 13.7 Å². The topological polar surface area (TPSA) is 64.0 Å². The summed E-state index contributed by atoms with van der Waals surface area (Å²) in [4.78, 5) is 7.11. The largest absolute Gasteiger partial charge is 0.481 e. The number of piperidine rings is 1. The van der Waals surface area contributed by atoms with Gasteiger partial charge in [-0.05, 0) is 29.5 Å². The number of hydrogen-bond acceptors (Lipinski definition) is 6. The van der Waals surface area contributed by atoms with Crippen molar-refractivity contribution >= 4 is 0 Å². The molecule has 1 aromatic carbocycles. The monoisotopic (exact) mass is 386 g/mol. The van der Waals surface area contributed by atoms with Gasteiger partial charge in [-0.2, -0.15) is 0 Å². The fraction of sp³-hybridized carbons (Fsp3) is 0.500. The van der Waals surface area contributed by atoms with E-state index in [1.165, 1.54) is 5.56 Å². The maximum absolute atomic E-state index is 9.83. The lowest BCUT2D eigenvalue weighted by molar-refractivity contribution is -0.0391. The smallest absolute Gasteiger partial charge is 0.213 e. The summed E-state index contributed by atoms with van der Waals surface area (Å²) in [5.74, 6) is 1.07. The molecular weight excluding hydrogens is 356 g/mol. The number of aliphatic hydroxyl groups is 1. The maximum atomic E-state index is 9.83. The van der Waals surface area contributed by atoms with E-state index in [4.69, 9.17) is 19.2 Å². The van der Waals surface area contributed by atoms with Gasteiger partial charge in [0, 0.05) is 51.0 Å². The molecule has 1 aromatic heterocycles. The third-order valence-electron chi connectivity index (χ3n) is 5.10. The SMILES string of the molecule is COCOCc1cc(OC)nc([C@H]2C[C@@H](CO)CN(Cc3ccccc3)C2)c1. The normalized spacial score (nSPS) is 20.2. The zero-order valence-electron chi connectivity index (χ0n) is 16.7. The van der Waals surface area contributed by atoms with Crippen molar-refractivity contribution < 1.29 is 19.3 Å².